The average Bonchev–Trinajstić information content (AvgIpc) is 2.66. The molecule has 0 saturated heterocycles. The number of nitrogens with zero attached hydrogens (tertiary/aromatic N) is 3. The summed E-state index contributed by atoms with van der Waals surface area (Å²) in [5.74, 6) is -0.567. The third-order valence-corrected chi connectivity index (χ3v) is 4.31. The molecule has 0 saturated carbocycles. The summed E-state index contributed by atoms with van der Waals surface area (Å²) < 4.78 is 20.2. The first-order valence-electron chi connectivity index (χ1n) is 8.53. The van der Waals surface area contributed by atoms with Crippen LogP contribution in [0.2, 0.25) is 0 Å². The van der Waals surface area contributed by atoms with Crippen molar-refractivity contribution < 1.29 is 13.9 Å². The van der Waals surface area contributed by atoms with Crippen LogP contribution in [0.1, 0.15) is 5.56 Å². The molecule has 0 bridgehead atoms. The zero-order valence-electron chi connectivity index (χ0n) is 15.2. The summed E-state index contributed by atoms with van der Waals surface area (Å²) in [6, 6.07) is 11.5. The van der Waals surface area contributed by atoms with E-state index in [2.05, 4.69) is 4.98 Å². The number of halogens is 1. The monoisotopic (exact) mass is 369 g/mol. The van der Waals surface area contributed by atoms with Gasteiger partial charge in [0.2, 0.25) is 5.91 Å². The fourth-order valence-electron chi connectivity index (χ4n) is 2.70. The third kappa shape index (κ3) is 4.13. The molecular formula is C20H20FN3O3. The number of ether oxygens (including phenoxy) is 1. The van der Waals surface area contributed by atoms with E-state index < -0.39 is 5.82 Å². The lowest BCUT2D eigenvalue weighted by Gasteiger charge is -2.18. The molecule has 3 rings (SSSR count). The first kappa shape index (κ1) is 18.6. The Hall–Kier alpha value is -3.22. The van der Waals surface area contributed by atoms with Gasteiger partial charge in [0.15, 0.2) is 11.6 Å². The van der Waals surface area contributed by atoms with Crippen LogP contribution in [0.5, 0.6) is 5.75 Å². The molecule has 1 amide bonds. The van der Waals surface area contributed by atoms with Crippen LogP contribution in [-0.4, -0.2) is 40.6 Å². The summed E-state index contributed by atoms with van der Waals surface area (Å²) in [6.45, 7) is 2.18. The Bertz CT molecular complexity index is 1030. The van der Waals surface area contributed by atoms with Crippen molar-refractivity contribution in [3.63, 3.8) is 0 Å². The Labute approximate surface area is 155 Å². The highest BCUT2D eigenvalue weighted by atomic mass is 19.1. The molecule has 6 nitrogen and oxygen atoms in total. The summed E-state index contributed by atoms with van der Waals surface area (Å²) in [4.78, 5) is 30.7. The molecule has 3 aromatic rings. The topological polar surface area (TPSA) is 64.4 Å². The van der Waals surface area contributed by atoms with Crippen LogP contribution in [0.15, 0.2) is 53.6 Å². The number of carbonyl (C=O) groups is 1. The van der Waals surface area contributed by atoms with Crippen molar-refractivity contribution in [1.82, 2.24) is 14.5 Å². The molecule has 1 aromatic heterocycles. The maximum absolute atomic E-state index is 13.5. The van der Waals surface area contributed by atoms with Crippen molar-refractivity contribution in [3.05, 3.63) is 70.5 Å². The van der Waals surface area contributed by atoms with Gasteiger partial charge in [-0.05, 0) is 30.7 Å². The lowest BCUT2D eigenvalue weighted by atomic mass is 10.1. The largest absolute Gasteiger partial charge is 0.489 e. The van der Waals surface area contributed by atoms with E-state index in [9.17, 15) is 14.0 Å². The molecule has 0 aliphatic heterocycles. The minimum Gasteiger partial charge on any atom is -0.489 e. The molecule has 0 atom stereocenters. The number of para-hydroxylation sites is 2. The normalized spacial score (nSPS) is 10.8. The Morgan fingerprint density at radius 2 is 2.00 bits per heavy atom. The van der Waals surface area contributed by atoms with E-state index in [0.717, 1.165) is 5.56 Å². The van der Waals surface area contributed by atoms with Gasteiger partial charge in [0.05, 0.1) is 23.8 Å². The summed E-state index contributed by atoms with van der Waals surface area (Å²) >= 11 is 0. The van der Waals surface area contributed by atoms with Crippen LogP contribution in [0.3, 0.4) is 0 Å². The number of aromatic nitrogens is 2. The van der Waals surface area contributed by atoms with Gasteiger partial charge in [-0.3, -0.25) is 14.2 Å². The van der Waals surface area contributed by atoms with Gasteiger partial charge in [0.1, 0.15) is 13.2 Å². The lowest BCUT2D eigenvalue weighted by molar-refractivity contribution is -0.130. The predicted octanol–water partition coefficient (Wildman–Crippen LogP) is 2.38. The fraction of sp³-hybridized carbons (Fsp3) is 0.250. The predicted molar refractivity (Wildman–Crippen MR) is 100 cm³/mol. The molecular weight excluding hydrogens is 349 g/mol. The number of fused-ring (bicyclic) bond motifs is 1. The zero-order chi connectivity index (χ0) is 19.4. The van der Waals surface area contributed by atoms with Crippen molar-refractivity contribution in [2.45, 2.75) is 13.5 Å². The highest BCUT2D eigenvalue weighted by Crippen LogP contribution is 2.15. The number of rotatable bonds is 6. The molecule has 0 N–H and O–H groups in total. The number of amides is 1. The number of hydrogen-bond donors (Lipinski definition) is 0. The molecule has 0 aliphatic carbocycles. The second-order valence-corrected chi connectivity index (χ2v) is 6.24. The standard InChI is InChI=1S/C20H20FN3O3/c1-14-6-5-7-15-19(14)22-13-24(20(15)26)12-18(25)23(2)10-11-27-17-9-4-3-8-16(17)21/h3-9,13H,10-12H2,1-2H3. The van der Waals surface area contributed by atoms with Crippen molar-refractivity contribution in [2.75, 3.05) is 20.2 Å². The van der Waals surface area contributed by atoms with Crippen LogP contribution in [0.4, 0.5) is 4.39 Å². The molecule has 27 heavy (non-hydrogen) atoms. The smallest absolute Gasteiger partial charge is 0.261 e. The minimum atomic E-state index is -0.449. The van der Waals surface area contributed by atoms with Gasteiger partial charge in [0.25, 0.3) is 5.56 Å². The number of carbonyl (C=O) groups excluding carboxylic acids is 1. The molecule has 1 heterocycles. The molecule has 0 unspecified atom stereocenters. The summed E-state index contributed by atoms with van der Waals surface area (Å²) in [7, 11) is 1.61. The van der Waals surface area contributed by atoms with Crippen molar-refractivity contribution in [2.24, 2.45) is 0 Å². The highest BCUT2D eigenvalue weighted by molar-refractivity contribution is 5.81. The Morgan fingerprint density at radius 1 is 1.22 bits per heavy atom. The van der Waals surface area contributed by atoms with Crippen LogP contribution < -0.4 is 10.3 Å². The minimum absolute atomic E-state index is 0.119. The van der Waals surface area contributed by atoms with E-state index in [-0.39, 0.29) is 36.9 Å². The number of aryl methyl sites for hydroxylation is 1. The molecule has 7 heteroatoms. The van der Waals surface area contributed by atoms with E-state index in [1.54, 1.807) is 31.3 Å². The van der Waals surface area contributed by atoms with Gasteiger partial charge in [-0.25, -0.2) is 9.37 Å². The van der Waals surface area contributed by atoms with E-state index in [1.807, 2.05) is 13.0 Å². The van der Waals surface area contributed by atoms with Gasteiger partial charge in [-0.2, -0.15) is 0 Å². The van der Waals surface area contributed by atoms with Crippen LogP contribution in [0, 0.1) is 12.7 Å². The Balaban J connectivity index is 1.63. The van der Waals surface area contributed by atoms with Crippen LogP contribution >= 0.6 is 0 Å². The molecule has 0 radical (unpaired) electrons. The molecule has 2 aromatic carbocycles. The van der Waals surface area contributed by atoms with Crippen LogP contribution in [0.25, 0.3) is 10.9 Å². The fourth-order valence-corrected chi connectivity index (χ4v) is 2.70. The van der Waals surface area contributed by atoms with Crippen LogP contribution in [-0.2, 0) is 11.3 Å². The lowest BCUT2D eigenvalue weighted by Crippen LogP contribution is -2.36. The molecule has 0 spiro atoms. The van der Waals surface area contributed by atoms with E-state index in [1.165, 1.54) is 27.9 Å². The van der Waals surface area contributed by atoms with E-state index in [0.29, 0.717) is 10.9 Å². The van der Waals surface area contributed by atoms with Gasteiger partial charge >= 0.3 is 0 Å². The summed E-state index contributed by atoms with van der Waals surface area (Å²) in [5.41, 5.74) is 1.29. The number of likely N-dealkylation sites (N-methyl/N-ethyl adjacent to an activating group) is 1. The highest BCUT2D eigenvalue weighted by Gasteiger charge is 2.13. The van der Waals surface area contributed by atoms with Crippen molar-refractivity contribution in [3.8, 4) is 5.75 Å². The molecule has 140 valence electrons. The molecule has 0 fully saturated rings. The van der Waals surface area contributed by atoms with Gasteiger partial charge in [-0.1, -0.05) is 24.3 Å². The second-order valence-electron chi connectivity index (χ2n) is 6.24. The van der Waals surface area contributed by atoms with Crippen molar-refractivity contribution >= 4 is 16.8 Å². The maximum atomic E-state index is 13.5. The first-order chi connectivity index (χ1) is 13.0. The van der Waals surface area contributed by atoms with E-state index >= 15 is 0 Å². The van der Waals surface area contributed by atoms with Crippen molar-refractivity contribution in [1.29, 1.82) is 0 Å². The first-order valence-corrected chi connectivity index (χ1v) is 8.53. The van der Waals surface area contributed by atoms with E-state index in [4.69, 9.17) is 4.74 Å². The molecule has 0 aliphatic rings. The zero-order valence-corrected chi connectivity index (χ0v) is 15.2. The Kier molecular flexibility index (Phi) is 5.49. The van der Waals surface area contributed by atoms with Gasteiger partial charge in [0, 0.05) is 7.05 Å². The van der Waals surface area contributed by atoms with Gasteiger partial charge in [-0.15, -0.1) is 0 Å². The average molecular weight is 369 g/mol. The SMILES string of the molecule is Cc1cccc2c(=O)n(CC(=O)N(C)CCOc3ccccc3F)cnc12. The number of benzene rings is 2. The maximum Gasteiger partial charge on any atom is 0.261 e. The quantitative estimate of drug-likeness (QED) is 0.669. The Morgan fingerprint density at radius 3 is 2.78 bits per heavy atom. The number of hydrogen-bond acceptors (Lipinski definition) is 4. The summed E-state index contributed by atoms with van der Waals surface area (Å²) in [6.07, 6.45) is 1.39. The second kappa shape index (κ2) is 7.99. The third-order valence-electron chi connectivity index (χ3n) is 4.31. The van der Waals surface area contributed by atoms with Gasteiger partial charge < -0.3 is 9.64 Å². The summed E-state index contributed by atoms with van der Waals surface area (Å²) in [5, 5.41) is 0.482.